The van der Waals surface area contributed by atoms with Gasteiger partial charge in [-0.05, 0) is 44.9 Å². The van der Waals surface area contributed by atoms with Crippen LogP contribution in [0.5, 0.6) is 0 Å². The summed E-state index contributed by atoms with van der Waals surface area (Å²) in [6, 6.07) is 7.43. The summed E-state index contributed by atoms with van der Waals surface area (Å²) in [7, 11) is 0. The summed E-state index contributed by atoms with van der Waals surface area (Å²) < 4.78 is 5.24. The van der Waals surface area contributed by atoms with E-state index < -0.39 is 11.7 Å². The fraction of sp³-hybridized carbons (Fsp3) is 0.500. The third-order valence-electron chi connectivity index (χ3n) is 2.41. The predicted octanol–water partition coefficient (Wildman–Crippen LogP) is 3.24. The van der Waals surface area contributed by atoms with Crippen LogP contribution in [-0.2, 0) is 4.74 Å². The minimum absolute atomic E-state index is 0.0802. The van der Waals surface area contributed by atoms with Gasteiger partial charge in [0.1, 0.15) is 5.60 Å². The summed E-state index contributed by atoms with van der Waals surface area (Å²) >= 11 is 0. The molecule has 1 atom stereocenters. The third-order valence-corrected chi connectivity index (χ3v) is 2.41. The molecule has 0 aliphatic carbocycles. The van der Waals surface area contributed by atoms with Gasteiger partial charge in [0, 0.05) is 5.69 Å². The van der Waals surface area contributed by atoms with Gasteiger partial charge in [0.25, 0.3) is 0 Å². The minimum atomic E-state index is -0.488. The van der Waals surface area contributed by atoms with Gasteiger partial charge in [-0.3, -0.25) is 0 Å². The van der Waals surface area contributed by atoms with Crippen molar-refractivity contribution in [1.29, 1.82) is 0 Å². The van der Waals surface area contributed by atoms with Crippen molar-refractivity contribution in [2.45, 2.75) is 45.8 Å². The number of nitrogens with one attached hydrogen (secondary N) is 1. The highest BCUT2D eigenvalue weighted by Gasteiger charge is 2.19. The summed E-state index contributed by atoms with van der Waals surface area (Å²) in [5, 5.41) is 2.85. The van der Waals surface area contributed by atoms with E-state index in [9.17, 15) is 4.79 Å². The smallest absolute Gasteiger partial charge is 0.408 e. The number of benzene rings is 1. The Hall–Kier alpha value is -1.71. The summed E-state index contributed by atoms with van der Waals surface area (Å²) in [6.45, 7) is 7.53. The SMILES string of the molecule is CCC(NC(=O)OC(C)(C)C)c1cccc(N)c1. The van der Waals surface area contributed by atoms with Gasteiger partial charge in [0.2, 0.25) is 0 Å². The van der Waals surface area contributed by atoms with Crippen molar-refractivity contribution in [3.05, 3.63) is 29.8 Å². The van der Waals surface area contributed by atoms with E-state index in [1.807, 2.05) is 52.0 Å². The first-order valence-electron chi connectivity index (χ1n) is 6.17. The fourth-order valence-electron chi connectivity index (χ4n) is 1.65. The van der Waals surface area contributed by atoms with E-state index in [4.69, 9.17) is 10.5 Å². The summed E-state index contributed by atoms with van der Waals surface area (Å²) in [4.78, 5) is 11.7. The number of anilines is 1. The Labute approximate surface area is 109 Å². The highest BCUT2D eigenvalue weighted by Crippen LogP contribution is 2.19. The number of nitrogen functional groups attached to an aromatic ring is 1. The van der Waals surface area contributed by atoms with E-state index in [0.717, 1.165) is 12.0 Å². The predicted molar refractivity (Wildman–Crippen MR) is 73.3 cm³/mol. The molecule has 0 saturated heterocycles. The van der Waals surface area contributed by atoms with Crippen molar-refractivity contribution in [2.24, 2.45) is 0 Å². The molecule has 1 rings (SSSR count). The summed E-state index contributed by atoms with van der Waals surface area (Å²) in [5.74, 6) is 0. The second kappa shape index (κ2) is 5.76. The molecule has 4 heteroatoms. The Balaban J connectivity index is 2.71. The highest BCUT2D eigenvalue weighted by molar-refractivity contribution is 5.68. The lowest BCUT2D eigenvalue weighted by molar-refractivity contribution is 0.0502. The zero-order valence-electron chi connectivity index (χ0n) is 11.5. The molecule has 0 saturated carbocycles. The Kier molecular flexibility index (Phi) is 4.59. The number of nitrogens with two attached hydrogens (primary N) is 1. The van der Waals surface area contributed by atoms with Crippen molar-refractivity contribution in [1.82, 2.24) is 5.32 Å². The van der Waals surface area contributed by atoms with E-state index in [-0.39, 0.29) is 6.04 Å². The summed E-state index contributed by atoms with van der Waals surface area (Å²) in [5.41, 5.74) is 6.93. The number of ether oxygens (including phenoxy) is 1. The van der Waals surface area contributed by atoms with Crippen molar-refractivity contribution in [2.75, 3.05) is 5.73 Å². The first-order valence-corrected chi connectivity index (χ1v) is 6.17. The molecule has 0 spiro atoms. The lowest BCUT2D eigenvalue weighted by Crippen LogP contribution is -2.34. The van der Waals surface area contributed by atoms with Gasteiger partial charge in [0.05, 0.1) is 6.04 Å². The lowest BCUT2D eigenvalue weighted by atomic mass is 10.0. The van der Waals surface area contributed by atoms with Gasteiger partial charge < -0.3 is 15.8 Å². The molecule has 0 radical (unpaired) electrons. The van der Waals surface area contributed by atoms with Crippen molar-refractivity contribution in [3.8, 4) is 0 Å². The molecule has 18 heavy (non-hydrogen) atoms. The highest BCUT2D eigenvalue weighted by atomic mass is 16.6. The number of rotatable bonds is 3. The quantitative estimate of drug-likeness (QED) is 0.809. The molecule has 1 amide bonds. The second-order valence-electron chi connectivity index (χ2n) is 5.28. The van der Waals surface area contributed by atoms with Crippen molar-refractivity contribution < 1.29 is 9.53 Å². The van der Waals surface area contributed by atoms with E-state index in [2.05, 4.69) is 5.32 Å². The Bertz CT molecular complexity index is 411. The average Bonchev–Trinajstić information content (AvgIpc) is 2.23. The molecule has 0 heterocycles. The van der Waals surface area contributed by atoms with Crippen LogP contribution in [0.25, 0.3) is 0 Å². The second-order valence-corrected chi connectivity index (χ2v) is 5.28. The topological polar surface area (TPSA) is 64.3 Å². The van der Waals surface area contributed by atoms with Gasteiger partial charge in [-0.2, -0.15) is 0 Å². The molecule has 0 aliphatic heterocycles. The van der Waals surface area contributed by atoms with Crippen LogP contribution in [0.2, 0.25) is 0 Å². The van der Waals surface area contributed by atoms with Gasteiger partial charge in [0.15, 0.2) is 0 Å². The van der Waals surface area contributed by atoms with Crippen LogP contribution in [-0.4, -0.2) is 11.7 Å². The largest absolute Gasteiger partial charge is 0.444 e. The Morgan fingerprint density at radius 1 is 1.44 bits per heavy atom. The van der Waals surface area contributed by atoms with Gasteiger partial charge >= 0.3 is 6.09 Å². The molecular weight excluding hydrogens is 228 g/mol. The van der Waals surface area contributed by atoms with E-state index in [1.165, 1.54) is 0 Å². The van der Waals surface area contributed by atoms with Crippen molar-refractivity contribution in [3.63, 3.8) is 0 Å². The molecule has 0 aromatic heterocycles. The molecule has 1 aromatic carbocycles. The van der Waals surface area contributed by atoms with Crippen LogP contribution in [0.15, 0.2) is 24.3 Å². The number of hydrogen-bond acceptors (Lipinski definition) is 3. The number of amides is 1. The van der Waals surface area contributed by atoms with Crippen LogP contribution in [0, 0.1) is 0 Å². The van der Waals surface area contributed by atoms with Crippen LogP contribution in [0.1, 0.15) is 45.7 Å². The molecule has 0 fully saturated rings. The molecule has 0 aliphatic rings. The first-order chi connectivity index (χ1) is 8.31. The molecular formula is C14H22N2O2. The maximum atomic E-state index is 11.7. The standard InChI is InChI=1S/C14H22N2O2/c1-5-12(10-7-6-8-11(15)9-10)16-13(17)18-14(2,3)4/h6-9,12H,5,15H2,1-4H3,(H,16,17). The Morgan fingerprint density at radius 3 is 2.61 bits per heavy atom. The first kappa shape index (κ1) is 14.4. The molecule has 0 bridgehead atoms. The van der Waals surface area contributed by atoms with Crippen LogP contribution in [0.4, 0.5) is 10.5 Å². The van der Waals surface area contributed by atoms with Crippen LogP contribution >= 0.6 is 0 Å². The number of hydrogen-bond donors (Lipinski definition) is 2. The van der Waals surface area contributed by atoms with Gasteiger partial charge in [-0.1, -0.05) is 19.1 Å². The fourth-order valence-corrected chi connectivity index (χ4v) is 1.65. The Morgan fingerprint density at radius 2 is 2.11 bits per heavy atom. The van der Waals surface area contributed by atoms with E-state index in [0.29, 0.717) is 5.69 Å². The summed E-state index contributed by atoms with van der Waals surface area (Å²) in [6.07, 6.45) is 0.375. The zero-order valence-corrected chi connectivity index (χ0v) is 11.5. The molecule has 1 unspecified atom stereocenters. The van der Waals surface area contributed by atoms with Crippen LogP contribution in [0.3, 0.4) is 0 Å². The number of carbonyl (C=O) groups is 1. The lowest BCUT2D eigenvalue weighted by Gasteiger charge is -2.23. The zero-order chi connectivity index (χ0) is 13.8. The number of alkyl carbamates (subject to hydrolysis) is 1. The maximum Gasteiger partial charge on any atom is 0.408 e. The molecule has 100 valence electrons. The minimum Gasteiger partial charge on any atom is -0.444 e. The molecule has 3 N–H and O–H groups in total. The molecule has 4 nitrogen and oxygen atoms in total. The monoisotopic (exact) mass is 250 g/mol. The number of carbonyl (C=O) groups excluding carboxylic acids is 1. The normalized spacial score (nSPS) is 12.9. The van der Waals surface area contributed by atoms with Crippen LogP contribution < -0.4 is 11.1 Å². The van der Waals surface area contributed by atoms with E-state index in [1.54, 1.807) is 0 Å². The van der Waals surface area contributed by atoms with Gasteiger partial charge in [-0.15, -0.1) is 0 Å². The third kappa shape index (κ3) is 4.65. The maximum absolute atomic E-state index is 11.7. The average molecular weight is 250 g/mol. The van der Waals surface area contributed by atoms with Gasteiger partial charge in [-0.25, -0.2) is 4.79 Å². The van der Waals surface area contributed by atoms with Crippen molar-refractivity contribution >= 4 is 11.8 Å². The molecule has 1 aromatic rings. The van der Waals surface area contributed by atoms with E-state index >= 15 is 0 Å².